The van der Waals surface area contributed by atoms with Gasteiger partial charge in [0.25, 0.3) is 11.8 Å². The number of hydrogen-bond donors (Lipinski definition) is 1. The first-order valence-electron chi connectivity index (χ1n) is 8.00. The van der Waals surface area contributed by atoms with Gasteiger partial charge in [-0.25, -0.2) is 0 Å². The molecule has 1 saturated heterocycles. The van der Waals surface area contributed by atoms with E-state index in [0.717, 1.165) is 11.5 Å². The number of carbonyl (C=O) groups is 2. The second-order valence-corrected chi connectivity index (χ2v) is 7.15. The van der Waals surface area contributed by atoms with Gasteiger partial charge in [0.15, 0.2) is 0 Å². The largest absolute Gasteiger partial charge is 0.378 e. The Morgan fingerprint density at radius 1 is 1.23 bits per heavy atom. The van der Waals surface area contributed by atoms with Crippen LogP contribution in [0.4, 0.5) is 0 Å². The number of carbonyl (C=O) groups excluding carboxylic acids is 2. The molecule has 0 spiro atoms. The molecule has 0 saturated carbocycles. The highest BCUT2D eigenvalue weighted by Crippen LogP contribution is 2.30. The summed E-state index contributed by atoms with van der Waals surface area (Å²) < 4.78 is 9.69. The van der Waals surface area contributed by atoms with Gasteiger partial charge >= 0.3 is 0 Å². The molecule has 1 aromatic heterocycles. The number of ether oxygens (including phenoxy) is 1. The molecule has 2 heterocycles. The third kappa shape index (κ3) is 4.17. The van der Waals surface area contributed by atoms with Gasteiger partial charge in [-0.2, -0.15) is 0 Å². The SMILES string of the molecule is Cc1nnsc1/C(Br)=C(/NC(=O)c1ccccc1)C(=O)N1CCOCC1. The highest BCUT2D eigenvalue weighted by molar-refractivity contribution is 9.15. The van der Waals surface area contributed by atoms with E-state index >= 15 is 0 Å². The first-order chi connectivity index (χ1) is 12.6. The summed E-state index contributed by atoms with van der Waals surface area (Å²) in [5.41, 5.74) is 1.33. The molecule has 2 aromatic rings. The Balaban J connectivity index is 1.94. The quantitative estimate of drug-likeness (QED) is 0.742. The molecule has 7 nitrogen and oxygen atoms in total. The molecule has 1 fully saturated rings. The van der Waals surface area contributed by atoms with Gasteiger partial charge in [-0.15, -0.1) is 5.10 Å². The molecule has 1 aliphatic heterocycles. The third-order valence-electron chi connectivity index (χ3n) is 3.86. The average molecular weight is 437 g/mol. The first kappa shape index (κ1) is 18.7. The Morgan fingerprint density at radius 3 is 2.54 bits per heavy atom. The summed E-state index contributed by atoms with van der Waals surface area (Å²) in [5.74, 6) is -0.619. The normalized spacial score (nSPS) is 15.4. The Labute approximate surface area is 163 Å². The van der Waals surface area contributed by atoms with Crippen molar-refractivity contribution >= 4 is 43.8 Å². The zero-order valence-electron chi connectivity index (χ0n) is 14.1. The van der Waals surface area contributed by atoms with Gasteiger partial charge in [0.05, 0.1) is 28.3 Å². The fourth-order valence-electron chi connectivity index (χ4n) is 2.45. The molecule has 1 N–H and O–H groups in total. The lowest BCUT2D eigenvalue weighted by atomic mass is 10.2. The van der Waals surface area contributed by atoms with Crippen LogP contribution in [0.3, 0.4) is 0 Å². The van der Waals surface area contributed by atoms with Crippen molar-refractivity contribution in [1.82, 2.24) is 19.8 Å². The average Bonchev–Trinajstić information content (AvgIpc) is 3.12. The highest BCUT2D eigenvalue weighted by atomic mass is 79.9. The van der Waals surface area contributed by atoms with Crippen LogP contribution in [0.5, 0.6) is 0 Å². The summed E-state index contributed by atoms with van der Waals surface area (Å²) in [4.78, 5) is 28.0. The lowest BCUT2D eigenvalue weighted by Crippen LogP contribution is -2.44. The summed E-state index contributed by atoms with van der Waals surface area (Å²) in [6.45, 7) is 3.71. The predicted molar refractivity (Wildman–Crippen MR) is 102 cm³/mol. The molecule has 26 heavy (non-hydrogen) atoms. The van der Waals surface area contributed by atoms with E-state index in [1.165, 1.54) is 0 Å². The Morgan fingerprint density at radius 2 is 1.92 bits per heavy atom. The van der Waals surface area contributed by atoms with Crippen LogP contribution in [0.1, 0.15) is 20.9 Å². The topological polar surface area (TPSA) is 84.4 Å². The Kier molecular flexibility index (Phi) is 6.12. The van der Waals surface area contributed by atoms with Crippen LogP contribution in [0.15, 0.2) is 36.0 Å². The van der Waals surface area contributed by atoms with Crippen LogP contribution >= 0.6 is 27.5 Å². The molecule has 0 bridgehead atoms. The highest BCUT2D eigenvalue weighted by Gasteiger charge is 2.26. The van der Waals surface area contributed by atoms with E-state index in [2.05, 4.69) is 30.8 Å². The van der Waals surface area contributed by atoms with Crippen molar-refractivity contribution in [3.05, 3.63) is 52.2 Å². The number of rotatable bonds is 4. The number of nitrogens with zero attached hydrogens (tertiary/aromatic N) is 3. The summed E-state index contributed by atoms with van der Waals surface area (Å²) in [7, 11) is 0. The summed E-state index contributed by atoms with van der Waals surface area (Å²) in [6, 6.07) is 8.76. The number of halogens is 1. The second-order valence-electron chi connectivity index (χ2n) is 5.60. The summed E-state index contributed by atoms with van der Waals surface area (Å²) in [6.07, 6.45) is 0. The fourth-order valence-corrected chi connectivity index (χ4v) is 3.82. The van der Waals surface area contributed by atoms with E-state index in [-0.39, 0.29) is 17.5 Å². The van der Waals surface area contributed by atoms with Gasteiger partial charge in [0, 0.05) is 18.7 Å². The Hall–Kier alpha value is -2.10. The molecule has 9 heteroatoms. The first-order valence-corrected chi connectivity index (χ1v) is 9.57. The van der Waals surface area contributed by atoms with E-state index in [1.54, 1.807) is 36.1 Å². The van der Waals surface area contributed by atoms with Crippen LogP contribution in [0.2, 0.25) is 0 Å². The molecule has 136 valence electrons. The monoisotopic (exact) mass is 436 g/mol. The fraction of sp³-hybridized carbons (Fsp3) is 0.294. The van der Waals surface area contributed by atoms with E-state index in [9.17, 15) is 9.59 Å². The molecule has 1 aliphatic rings. The van der Waals surface area contributed by atoms with Gasteiger partial charge in [0.2, 0.25) is 0 Å². The van der Waals surface area contributed by atoms with Gasteiger partial charge in [0.1, 0.15) is 5.70 Å². The summed E-state index contributed by atoms with van der Waals surface area (Å²) >= 11 is 4.63. The molecule has 0 radical (unpaired) electrons. The predicted octanol–water partition coefficient (Wildman–Crippen LogP) is 2.20. The maximum atomic E-state index is 13.0. The number of morpholine rings is 1. The van der Waals surface area contributed by atoms with Gasteiger partial charge < -0.3 is 15.0 Å². The minimum Gasteiger partial charge on any atom is -0.378 e. The van der Waals surface area contributed by atoms with Crippen LogP contribution < -0.4 is 5.32 Å². The van der Waals surface area contributed by atoms with Crippen LogP contribution in [0, 0.1) is 6.92 Å². The molecule has 0 unspecified atom stereocenters. The zero-order chi connectivity index (χ0) is 18.5. The maximum absolute atomic E-state index is 13.0. The lowest BCUT2D eigenvalue weighted by Gasteiger charge is -2.28. The van der Waals surface area contributed by atoms with Crippen molar-refractivity contribution in [2.45, 2.75) is 6.92 Å². The molecule has 3 rings (SSSR count). The number of hydrogen-bond acceptors (Lipinski definition) is 6. The smallest absolute Gasteiger partial charge is 0.271 e. The molecular weight excluding hydrogens is 420 g/mol. The summed E-state index contributed by atoms with van der Waals surface area (Å²) in [5, 5.41) is 6.73. The van der Waals surface area contributed by atoms with Crippen LogP contribution in [-0.2, 0) is 9.53 Å². The van der Waals surface area contributed by atoms with E-state index in [0.29, 0.717) is 46.9 Å². The van der Waals surface area contributed by atoms with Crippen LogP contribution in [0.25, 0.3) is 4.48 Å². The zero-order valence-corrected chi connectivity index (χ0v) is 16.5. The van der Waals surface area contributed by atoms with Crippen molar-refractivity contribution < 1.29 is 14.3 Å². The van der Waals surface area contributed by atoms with Gasteiger partial charge in [-0.05, 0) is 46.5 Å². The van der Waals surface area contributed by atoms with Crippen molar-refractivity contribution in [2.24, 2.45) is 0 Å². The number of nitrogens with one attached hydrogen (secondary N) is 1. The molecule has 1 aromatic carbocycles. The second kappa shape index (κ2) is 8.52. The standard InChI is InChI=1S/C17H17BrN4O3S/c1-11-15(26-21-20-11)13(18)14(17(24)22-7-9-25-10-8-22)19-16(23)12-5-3-2-4-6-12/h2-6H,7-10H2,1H3,(H,19,23)/b14-13-. The van der Waals surface area contributed by atoms with Gasteiger partial charge in [-0.1, -0.05) is 22.7 Å². The van der Waals surface area contributed by atoms with E-state index < -0.39 is 0 Å². The number of benzene rings is 1. The van der Waals surface area contributed by atoms with Crippen molar-refractivity contribution in [3.8, 4) is 0 Å². The minimum absolute atomic E-state index is 0.176. The molecular formula is C17H17BrN4O3S. The van der Waals surface area contributed by atoms with Crippen molar-refractivity contribution in [3.63, 3.8) is 0 Å². The number of aromatic nitrogens is 2. The minimum atomic E-state index is -0.353. The van der Waals surface area contributed by atoms with Gasteiger partial charge in [-0.3, -0.25) is 9.59 Å². The molecule has 0 atom stereocenters. The molecule has 0 aliphatic carbocycles. The Bertz CT molecular complexity index is 832. The lowest BCUT2D eigenvalue weighted by molar-refractivity contribution is -0.131. The van der Waals surface area contributed by atoms with E-state index in [4.69, 9.17) is 4.74 Å². The molecule has 2 amide bonds. The number of amides is 2. The van der Waals surface area contributed by atoms with Crippen LogP contribution in [-0.4, -0.2) is 52.6 Å². The number of aryl methyl sites for hydroxylation is 1. The maximum Gasteiger partial charge on any atom is 0.271 e. The van der Waals surface area contributed by atoms with Crippen molar-refractivity contribution in [2.75, 3.05) is 26.3 Å². The van der Waals surface area contributed by atoms with E-state index in [1.807, 2.05) is 6.07 Å². The third-order valence-corrected chi connectivity index (χ3v) is 5.76. The van der Waals surface area contributed by atoms with Crippen molar-refractivity contribution in [1.29, 1.82) is 0 Å².